The number of rotatable bonds is 5. The van der Waals surface area contributed by atoms with Gasteiger partial charge >= 0.3 is 0 Å². The van der Waals surface area contributed by atoms with Crippen LogP contribution in [0, 0.1) is 23.3 Å². The Morgan fingerprint density at radius 3 is 1.76 bits per heavy atom. The van der Waals surface area contributed by atoms with Crippen molar-refractivity contribution in [3.8, 4) is 22.3 Å². The second-order valence-electron chi connectivity index (χ2n) is 8.10. The van der Waals surface area contributed by atoms with Crippen LogP contribution in [0.2, 0.25) is 0 Å². The number of hydrogen-bond donors (Lipinski definition) is 0. The van der Waals surface area contributed by atoms with Crippen molar-refractivity contribution in [2.45, 2.75) is 0 Å². The molecule has 38 heavy (non-hydrogen) atoms. The zero-order valence-electron chi connectivity index (χ0n) is 19.7. The molecular weight excluding hydrogens is 511 g/mol. The van der Waals surface area contributed by atoms with Gasteiger partial charge in [-0.25, -0.2) is 17.6 Å². The summed E-state index contributed by atoms with van der Waals surface area (Å²) in [5.41, 5.74) is 3.25. The van der Waals surface area contributed by atoms with Gasteiger partial charge in [-0.2, -0.15) is 0 Å². The Labute approximate surface area is 218 Å². The molecule has 0 aliphatic carbocycles. The lowest BCUT2D eigenvalue weighted by Gasteiger charge is -2.12. The van der Waals surface area contributed by atoms with E-state index in [1.165, 1.54) is 36.4 Å². The van der Waals surface area contributed by atoms with Crippen LogP contribution in [-0.2, 0) is 4.57 Å². The molecule has 0 N–H and O–H groups in total. The van der Waals surface area contributed by atoms with E-state index < -0.39 is 17.4 Å². The molecule has 5 aromatic carbocycles. The van der Waals surface area contributed by atoms with Crippen LogP contribution in [0.25, 0.3) is 22.3 Å². The molecule has 188 valence electrons. The summed E-state index contributed by atoms with van der Waals surface area (Å²) in [4.78, 5) is 11.8. The quantitative estimate of drug-likeness (QED) is 0.130. The van der Waals surface area contributed by atoms with Crippen LogP contribution in [-0.4, -0.2) is 5.78 Å². The summed E-state index contributed by atoms with van der Waals surface area (Å²) in [6.45, 7) is 0. The number of carbonyl (C=O) groups excluding carboxylic acids is 1. The second kappa shape index (κ2) is 12.2. The average Bonchev–Trinajstić information content (AvgIpc) is 2.95. The van der Waals surface area contributed by atoms with Crippen molar-refractivity contribution in [2.24, 2.45) is 0 Å². The van der Waals surface area contributed by atoms with Crippen molar-refractivity contribution < 1.29 is 26.9 Å². The summed E-state index contributed by atoms with van der Waals surface area (Å²) < 4.78 is 64.0. The normalized spacial score (nSPS) is 10.5. The minimum Gasteiger partial charge on any atom is -0.288 e. The van der Waals surface area contributed by atoms with Crippen molar-refractivity contribution in [3.63, 3.8) is 0 Å². The number of ketones is 1. The first-order valence-corrected chi connectivity index (χ1v) is 12.2. The summed E-state index contributed by atoms with van der Waals surface area (Å²) in [6.07, 6.45) is 0. The second-order valence-corrected chi connectivity index (χ2v) is 8.77. The Balaban J connectivity index is 0.000000186. The summed E-state index contributed by atoms with van der Waals surface area (Å²) in [5.74, 6) is -3.27. The largest absolute Gasteiger partial charge is 0.288 e. The van der Waals surface area contributed by atoms with E-state index >= 15 is 0 Å². The molecule has 2 nitrogen and oxygen atoms in total. The minimum absolute atomic E-state index is 0.119. The van der Waals surface area contributed by atoms with Crippen molar-refractivity contribution in [1.29, 1.82) is 0 Å². The summed E-state index contributed by atoms with van der Waals surface area (Å²) >= 11 is 0. The van der Waals surface area contributed by atoms with Gasteiger partial charge in [0.05, 0.1) is 10.9 Å². The van der Waals surface area contributed by atoms with E-state index in [0.29, 0.717) is 10.9 Å². The van der Waals surface area contributed by atoms with E-state index in [9.17, 15) is 26.9 Å². The van der Waals surface area contributed by atoms with Crippen molar-refractivity contribution >= 4 is 19.5 Å². The third kappa shape index (κ3) is 6.10. The predicted molar refractivity (Wildman–Crippen MR) is 141 cm³/mol. The van der Waals surface area contributed by atoms with Gasteiger partial charge in [0.2, 0.25) is 0 Å². The lowest BCUT2D eigenvalue weighted by atomic mass is 9.94. The molecule has 7 heteroatoms. The van der Waals surface area contributed by atoms with Crippen molar-refractivity contribution in [3.05, 3.63) is 150 Å². The molecule has 0 bridgehead atoms. The van der Waals surface area contributed by atoms with Gasteiger partial charge in [0.25, 0.3) is 0 Å². The first kappa shape index (κ1) is 26.6. The monoisotopic (exact) mass is 530 g/mol. The van der Waals surface area contributed by atoms with E-state index in [1.807, 2.05) is 6.07 Å². The first-order valence-electron chi connectivity index (χ1n) is 11.4. The maximum Gasteiger partial charge on any atom is 0.196 e. The molecule has 0 atom stereocenters. The first-order chi connectivity index (χ1) is 18.4. The van der Waals surface area contributed by atoms with Crippen LogP contribution in [0.4, 0.5) is 17.6 Å². The Morgan fingerprint density at radius 2 is 1.16 bits per heavy atom. The highest BCUT2D eigenvalue weighted by atomic mass is 31.1. The minimum atomic E-state index is -1.10. The molecule has 0 saturated carbocycles. The van der Waals surface area contributed by atoms with Crippen molar-refractivity contribution in [1.82, 2.24) is 0 Å². The molecule has 0 spiro atoms. The molecular formula is C31H19F4O2P. The van der Waals surface area contributed by atoms with Gasteiger partial charge in [0.15, 0.2) is 25.9 Å². The highest BCUT2D eigenvalue weighted by molar-refractivity contribution is 7.34. The third-order valence-corrected chi connectivity index (χ3v) is 6.23. The molecule has 0 unspecified atom stereocenters. The van der Waals surface area contributed by atoms with Crippen LogP contribution in [0.15, 0.2) is 115 Å². The van der Waals surface area contributed by atoms with Gasteiger partial charge in [0.1, 0.15) is 11.6 Å². The molecule has 0 fully saturated rings. The van der Waals surface area contributed by atoms with Crippen LogP contribution < -0.4 is 5.30 Å². The van der Waals surface area contributed by atoms with Gasteiger partial charge in [-0.05, 0) is 59.2 Å². The van der Waals surface area contributed by atoms with Gasteiger partial charge < -0.3 is 0 Å². The molecule has 0 heterocycles. The summed E-state index contributed by atoms with van der Waals surface area (Å²) in [7, 11) is -0.119. The van der Waals surface area contributed by atoms with Crippen LogP contribution in [0.3, 0.4) is 0 Å². The van der Waals surface area contributed by atoms with Crippen molar-refractivity contribution in [2.75, 3.05) is 0 Å². The van der Waals surface area contributed by atoms with Crippen LogP contribution >= 0.6 is 8.46 Å². The zero-order chi connectivity index (χ0) is 27.1. The fourth-order valence-electron chi connectivity index (χ4n) is 3.83. The van der Waals surface area contributed by atoms with E-state index in [0.717, 1.165) is 28.3 Å². The molecule has 5 rings (SSSR count). The number of halogens is 4. The third-order valence-electron chi connectivity index (χ3n) is 5.66. The maximum atomic E-state index is 13.3. The average molecular weight is 530 g/mol. The topological polar surface area (TPSA) is 34.1 Å². The van der Waals surface area contributed by atoms with Gasteiger partial charge in [-0.1, -0.05) is 72.8 Å². The smallest absolute Gasteiger partial charge is 0.196 e. The zero-order valence-corrected chi connectivity index (χ0v) is 20.6. The lowest BCUT2D eigenvalue weighted by Crippen LogP contribution is -2.05. The fraction of sp³-hybridized carbons (Fsp3) is 0. The molecule has 0 radical (unpaired) electrons. The van der Waals surface area contributed by atoms with Gasteiger partial charge in [-0.15, -0.1) is 0 Å². The molecule has 0 saturated heterocycles. The lowest BCUT2D eigenvalue weighted by molar-refractivity contribution is 0.103. The SMILES string of the molecule is O=C(c1ccccc1)c1cccc(F)c1F.O=Pc1cccc(-c2ccc(F)cc2)c1-c1ccc(F)cc1. The summed E-state index contributed by atoms with van der Waals surface area (Å²) in [5, 5.41) is 0.605. The molecule has 0 aliphatic heterocycles. The van der Waals surface area contributed by atoms with E-state index in [4.69, 9.17) is 0 Å². The highest BCUT2D eigenvalue weighted by Gasteiger charge is 2.16. The highest BCUT2D eigenvalue weighted by Crippen LogP contribution is 2.32. The fourth-order valence-corrected chi connectivity index (χ4v) is 4.32. The summed E-state index contributed by atoms with van der Waals surface area (Å²) in [6, 6.07) is 29.3. The van der Waals surface area contributed by atoms with Gasteiger partial charge in [0, 0.05) is 11.1 Å². The molecule has 5 aromatic rings. The molecule has 0 aromatic heterocycles. The molecule has 0 amide bonds. The number of benzene rings is 5. The predicted octanol–water partition coefficient (Wildman–Crippen LogP) is 8.41. The van der Waals surface area contributed by atoms with E-state index in [1.54, 1.807) is 66.7 Å². The Morgan fingerprint density at radius 1 is 0.579 bits per heavy atom. The Bertz CT molecular complexity index is 1570. The van der Waals surface area contributed by atoms with E-state index in [2.05, 4.69) is 0 Å². The van der Waals surface area contributed by atoms with Gasteiger partial charge in [-0.3, -0.25) is 9.36 Å². The van der Waals surface area contributed by atoms with E-state index in [-0.39, 0.29) is 25.7 Å². The Kier molecular flexibility index (Phi) is 8.57. The Hall–Kier alpha value is -4.41. The molecule has 0 aliphatic rings. The standard InChI is InChI=1S/C18H11F2OP.C13H8F2O/c19-14-8-4-12(5-9-14)16-2-1-3-17(22-21)18(16)13-6-10-15(20)11-7-13;14-11-8-4-7-10(12(11)15)13(16)9-5-2-1-3-6-9/h1-11H;1-8H. The number of carbonyl (C=O) groups is 1. The maximum absolute atomic E-state index is 13.3. The van der Waals surface area contributed by atoms with Crippen LogP contribution in [0.5, 0.6) is 0 Å². The van der Waals surface area contributed by atoms with Crippen LogP contribution in [0.1, 0.15) is 15.9 Å². The number of hydrogen-bond acceptors (Lipinski definition) is 2.